The van der Waals surface area contributed by atoms with Gasteiger partial charge in [-0.3, -0.25) is 9.59 Å². The lowest BCUT2D eigenvalue weighted by molar-refractivity contribution is -0.123. The number of hydrogen-bond acceptors (Lipinski definition) is 3. The van der Waals surface area contributed by atoms with E-state index in [4.69, 9.17) is 0 Å². The van der Waals surface area contributed by atoms with Gasteiger partial charge in [0.05, 0.1) is 5.69 Å². The third-order valence-electron chi connectivity index (χ3n) is 4.72. The van der Waals surface area contributed by atoms with Crippen molar-refractivity contribution in [3.8, 4) is 11.3 Å². The molecule has 0 spiro atoms. The van der Waals surface area contributed by atoms with Crippen LogP contribution in [0.3, 0.4) is 0 Å². The minimum Gasteiger partial charge on any atom is -0.324 e. The Morgan fingerprint density at radius 2 is 1.67 bits per heavy atom. The molecule has 2 aromatic carbocycles. The van der Waals surface area contributed by atoms with E-state index in [0.717, 1.165) is 16.7 Å². The highest BCUT2D eigenvalue weighted by atomic mass is 16.2. The number of nitrogens with one attached hydrogen (secondary N) is 1. The molecule has 5 nitrogen and oxygen atoms in total. The molecule has 27 heavy (non-hydrogen) atoms. The molecule has 1 amide bonds. The first kappa shape index (κ1) is 18.6. The van der Waals surface area contributed by atoms with Gasteiger partial charge in [0.25, 0.3) is 11.5 Å². The zero-order valence-corrected chi connectivity index (χ0v) is 16.0. The molecule has 3 rings (SSSR count). The van der Waals surface area contributed by atoms with Crippen LogP contribution in [0.15, 0.2) is 65.5 Å². The van der Waals surface area contributed by atoms with Gasteiger partial charge in [-0.1, -0.05) is 36.4 Å². The smallest absolute Gasteiger partial charge is 0.267 e. The highest BCUT2D eigenvalue weighted by molar-refractivity contribution is 5.96. The molecular formula is C22H23N3O2. The van der Waals surface area contributed by atoms with Gasteiger partial charge >= 0.3 is 0 Å². The van der Waals surface area contributed by atoms with Gasteiger partial charge in [-0.05, 0) is 57.0 Å². The second-order valence-electron chi connectivity index (χ2n) is 7.15. The SMILES string of the molecule is Cc1ccc(NC(=O)C(C)(C)n2nc(-c3ccccc3)ccc2=O)cc1C. The summed E-state index contributed by atoms with van der Waals surface area (Å²) in [5, 5.41) is 7.35. The number of aryl methyl sites for hydroxylation is 2. The highest BCUT2D eigenvalue weighted by Crippen LogP contribution is 2.20. The molecule has 0 atom stereocenters. The van der Waals surface area contributed by atoms with E-state index in [1.54, 1.807) is 19.9 Å². The van der Waals surface area contributed by atoms with Crippen LogP contribution in [0.4, 0.5) is 5.69 Å². The maximum absolute atomic E-state index is 12.9. The quantitative estimate of drug-likeness (QED) is 0.766. The van der Waals surface area contributed by atoms with Crippen molar-refractivity contribution in [1.29, 1.82) is 0 Å². The number of rotatable bonds is 4. The van der Waals surface area contributed by atoms with Crippen LogP contribution in [0.5, 0.6) is 0 Å². The van der Waals surface area contributed by atoms with Gasteiger partial charge in [-0.25, -0.2) is 4.68 Å². The monoisotopic (exact) mass is 361 g/mol. The van der Waals surface area contributed by atoms with E-state index < -0.39 is 5.54 Å². The summed E-state index contributed by atoms with van der Waals surface area (Å²) in [5.41, 5.74) is 2.99. The van der Waals surface area contributed by atoms with Crippen LogP contribution in [0.2, 0.25) is 0 Å². The van der Waals surface area contributed by atoms with E-state index in [1.807, 2.05) is 62.4 Å². The summed E-state index contributed by atoms with van der Waals surface area (Å²) in [6, 6.07) is 18.4. The third kappa shape index (κ3) is 3.82. The number of carbonyl (C=O) groups excluding carboxylic acids is 1. The molecular weight excluding hydrogens is 338 g/mol. The van der Waals surface area contributed by atoms with Crippen molar-refractivity contribution >= 4 is 11.6 Å². The number of nitrogens with zero attached hydrogens (tertiary/aromatic N) is 2. The molecule has 0 aliphatic heterocycles. The summed E-state index contributed by atoms with van der Waals surface area (Å²) in [6.07, 6.45) is 0. The highest BCUT2D eigenvalue weighted by Gasteiger charge is 2.32. The van der Waals surface area contributed by atoms with Crippen molar-refractivity contribution in [3.63, 3.8) is 0 Å². The van der Waals surface area contributed by atoms with Gasteiger partial charge in [-0.15, -0.1) is 0 Å². The van der Waals surface area contributed by atoms with Crippen molar-refractivity contribution in [1.82, 2.24) is 9.78 Å². The van der Waals surface area contributed by atoms with Crippen LogP contribution >= 0.6 is 0 Å². The van der Waals surface area contributed by atoms with Gasteiger partial charge in [0.1, 0.15) is 5.54 Å². The minimum absolute atomic E-state index is 0.300. The van der Waals surface area contributed by atoms with Crippen molar-refractivity contribution in [2.75, 3.05) is 5.32 Å². The fourth-order valence-corrected chi connectivity index (χ4v) is 2.77. The predicted octanol–water partition coefficient (Wildman–Crippen LogP) is 3.90. The van der Waals surface area contributed by atoms with Crippen LogP contribution in [0.25, 0.3) is 11.3 Å². The molecule has 5 heteroatoms. The maximum Gasteiger partial charge on any atom is 0.267 e. The average molecular weight is 361 g/mol. The maximum atomic E-state index is 12.9. The lowest BCUT2D eigenvalue weighted by Gasteiger charge is -2.25. The van der Waals surface area contributed by atoms with E-state index in [2.05, 4.69) is 10.4 Å². The van der Waals surface area contributed by atoms with E-state index in [1.165, 1.54) is 10.7 Å². The zero-order chi connectivity index (χ0) is 19.6. The van der Waals surface area contributed by atoms with Crippen molar-refractivity contribution < 1.29 is 4.79 Å². The van der Waals surface area contributed by atoms with E-state index in [0.29, 0.717) is 11.4 Å². The molecule has 0 radical (unpaired) electrons. The van der Waals surface area contributed by atoms with E-state index >= 15 is 0 Å². The molecule has 0 aliphatic carbocycles. The Morgan fingerprint density at radius 3 is 2.33 bits per heavy atom. The summed E-state index contributed by atoms with van der Waals surface area (Å²) in [5.74, 6) is -0.300. The van der Waals surface area contributed by atoms with Crippen molar-refractivity contribution in [2.45, 2.75) is 33.2 Å². The van der Waals surface area contributed by atoms with Crippen molar-refractivity contribution in [3.05, 3.63) is 82.1 Å². The molecule has 0 saturated carbocycles. The minimum atomic E-state index is -1.15. The van der Waals surface area contributed by atoms with Crippen LogP contribution in [-0.4, -0.2) is 15.7 Å². The van der Waals surface area contributed by atoms with E-state index in [9.17, 15) is 9.59 Å². The average Bonchev–Trinajstić information content (AvgIpc) is 2.65. The topological polar surface area (TPSA) is 64.0 Å². The molecule has 1 aromatic heterocycles. The fraction of sp³-hybridized carbons (Fsp3) is 0.227. The Kier molecular flexibility index (Phi) is 4.95. The van der Waals surface area contributed by atoms with Crippen molar-refractivity contribution in [2.24, 2.45) is 0 Å². The van der Waals surface area contributed by atoms with Crippen LogP contribution < -0.4 is 10.9 Å². The number of carbonyl (C=O) groups is 1. The summed E-state index contributed by atoms with van der Waals surface area (Å²) in [4.78, 5) is 25.3. The van der Waals surface area contributed by atoms with Gasteiger partial charge < -0.3 is 5.32 Å². The Bertz CT molecular complexity index is 1040. The van der Waals surface area contributed by atoms with Gasteiger partial charge in [0.15, 0.2) is 0 Å². The summed E-state index contributed by atoms with van der Waals surface area (Å²) >= 11 is 0. The Labute approximate surface area is 158 Å². The lowest BCUT2D eigenvalue weighted by atomic mass is 10.0. The molecule has 3 aromatic rings. The predicted molar refractivity (Wildman–Crippen MR) is 108 cm³/mol. The van der Waals surface area contributed by atoms with Crippen LogP contribution in [0.1, 0.15) is 25.0 Å². The Morgan fingerprint density at radius 1 is 0.963 bits per heavy atom. The number of amides is 1. The first-order valence-corrected chi connectivity index (χ1v) is 8.84. The number of anilines is 1. The molecule has 1 heterocycles. The summed E-state index contributed by atoms with van der Waals surface area (Å²) in [6.45, 7) is 7.38. The standard InChI is InChI=1S/C22H23N3O2/c1-15-10-11-18(14-16(15)2)23-21(27)22(3,4)25-20(26)13-12-19(24-25)17-8-6-5-7-9-17/h5-14H,1-4H3,(H,23,27). The van der Waals surface area contributed by atoms with Gasteiger partial charge in [-0.2, -0.15) is 5.10 Å². The Balaban J connectivity index is 1.94. The lowest BCUT2D eigenvalue weighted by Crippen LogP contribution is -2.47. The second kappa shape index (κ2) is 7.19. The fourth-order valence-electron chi connectivity index (χ4n) is 2.77. The van der Waals surface area contributed by atoms with Crippen LogP contribution in [-0.2, 0) is 10.3 Å². The molecule has 138 valence electrons. The molecule has 0 unspecified atom stereocenters. The number of hydrogen-bond donors (Lipinski definition) is 1. The largest absolute Gasteiger partial charge is 0.324 e. The molecule has 1 N–H and O–H groups in total. The third-order valence-corrected chi connectivity index (χ3v) is 4.72. The van der Waals surface area contributed by atoms with Gasteiger partial charge in [0, 0.05) is 17.3 Å². The first-order valence-electron chi connectivity index (χ1n) is 8.84. The first-order chi connectivity index (χ1) is 12.8. The Hall–Kier alpha value is -3.21. The van der Waals surface area contributed by atoms with E-state index in [-0.39, 0.29) is 11.5 Å². The molecule has 0 bridgehead atoms. The normalized spacial score (nSPS) is 11.3. The zero-order valence-electron chi connectivity index (χ0n) is 16.0. The molecule has 0 saturated heterocycles. The second-order valence-corrected chi connectivity index (χ2v) is 7.15. The number of benzene rings is 2. The molecule has 0 fully saturated rings. The van der Waals surface area contributed by atoms with Gasteiger partial charge in [0.2, 0.25) is 0 Å². The number of aromatic nitrogens is 2. The van der Waals surface area contributed by atoms with Crippen LogP contribution in [0, 0.1) is 13.8 Å². The summed E-state index contributed by atoms with van der Waals surface area (Å²) in [7, 11) is 0. The molecule has 0 aliphatic rings. The summed E-state index contributed by atoms with van der Waals surface area (Å²) < 4.78 is 1.24.